The van der Waals surface area contributed by atoms with E-state index in [1.165, 1.54) is 18.0 Å². The number of amides is 3. The van der Waals surface area contributed by atoms with Gasteiger partial charge >= 0.3 is 6.03 Å². The normalized spacial score (nSPS) is 20.5. The smallest absolute Gasteiger partial charge is 0.321 e. The van der Waals surface area contributed by atoms with Crippen molar-refractivity contribution in [2.24, 2.45) is 0 Å². The Hall–Kier alpha value is -2.40. The highest BCUT2D eigenvalue weighted by molar-refractivity contribution is 7.88. The monoisotopic (exact) mass is 476 g/mol. The average molecular weight is 477 g/mol. The van der Waals surface area contributed by atoms with E-state index in [1.54, 1.807) is 11.2 Å². The number of benzene rings is 1. The number of nitrogens with one attached hydrogen (secondary N) is 3. The second kappa shape index (κ2) is 9.62. The predicted octanol–water partition coefficient (Wildman–Crippen LogP) is 2.36. The van der Waals surface area contributed by atoms with Crippen molar-refractivity contribution in [2.75, 3.05) is 29.6 Å². The second-order valence-corrected chi connectivity index (χ2v) is 9.69. The molecule has 3 amide bonds. The molecule has 2 aliphatic rings. The van der Waals surface area contributed by atoms with Crippen molar-refractivity contribution in [1.82, 2.24) is 20.0 Å². The number of rotatable bonds is 7. The first-order chi connectivity index (χ1) is 15.4. The van der Waals surface area contributed by atoms with Gasteiger partial charge in [-0.25, -0.2) is 14.8 Å². The summed E-state index contributed by atoms with van der Waals surface area (Å²) in [7, 11) is 0. The van der Waals surface area contributed by atoms with Crippen LogP contribution in [0.1, 0.15) is 31.2 Å². The number of aromatic nitrogens is 2. The summed E-state index contributed by atoms with van der Waals surface area (Å²) in [6.45, 7) is 1.28. The van der Waals surface area contributed by atoms with E-state index in [2.05, 4.69) is 25.3 Å². The number of anilines is 2. The number of halogens is 1. The van der Waals surface area contributed by atoms with Crippen LogP contribution in [0.4, 0.5) is 16.3 Å². The van der Waals surface area contributed by atoms with Crippen LogP contribution in [0.3, 0.4) is 0 Å². The minimum Gasteiger partial charge on any atom is -0.598 e. The van der Waals surface area contributed by atoms with Crippen molar-refractivity contribution in [3.05, 3.63) is 47.4 Å². The highest BCUT2D eigenvalue weighted by atomic mass is 35.5. The van der Waals surface area contributed by atoms with Gasteiger partial charge in [0.05, 0.1) is 18.9 Å². The van der Waals surface area contributed by atoms with Gasteiger partial charge in [-0.05, 0) is 43.4 Å². The molecule has 1 aromatic heterocycles. The van der Waals surface area contributed by atoms with Crippen LogP contribution in [0.25, 0.3) is 0 Å². The van der Waals surface area contributed by atoms with E-state index in [0.717, 1.165) is 24.9 Å². The van der Waals surface area contributed by atoms with E-state index in [-0.39, 0.29) is 22.3 Å². The summed E-state index contributed by atoms with van der Waals surface area (Å²) in [5, 5.41) is 5.51. The van der Waals surface area contributed by atoms with E-state index in [0.29, 0.717) is 19.5 Å². The summed E-state index contributed by atoms with van der Waals surface area (Å²) in [6.07, 6.45) is 7.76. The molecule has 11 heteroatoms. The van der Waals surface area contributed by atoms with Gasteiger partial charge in [-0.15, -0.1) is 4.72 Å². The summed E-state index contributed by atoms with van der Waals surface area (Å²) in [5.74, 6) is 0.100. The molecule has 1 aliphatic carbocycles. The molecule has 3 N–H and O–H groups in total. The molecule has 2 unspecified atom stereocenters. The van der Waals surface area contributed by atoms with Crippen molar-refractivity contribution in [3.63, 3.8) is 0 Å². The van der Waals surface area contributed by atoms with Crippen molar-refractivity contribution in [3.8, 4) is 0 Å². The zero-order valence-corrected chi connectivity index (χ0v) is 19.2. The highest BCUT2D eigenvalue weighted by Crippen LogP contribution is 2.48. The molecule has 1 aliphatic heterocycles. The van der Waals surface area contributed by atoms with Crippen LogP contribution in [-0.2, 0) is 21.6 Å². The molecule has 2 aromatic rings. The lowest BCUT2D eigenvalue weighted by molar-refractivity contribution is -0.121. The molecule has 32 heavy (non-hydrogen) atoms. The Bertz CT molecular complexity index is 969. The lowest BCUT2D eigenvalue weighted by Crippen LogP contribution is -2.53. The molecular weight excluding hydrogens is 452 g/mol. The van der Waals surface area contributed by atoms with Crippen LogP contribution in [-0.4, -0.2) is 51.8 Å². The van der Waals surface area contributed by atoms with Crippen LogP contribution >= 0.6 is 11.6 Å². The van der Waals surface area contributed by atoms with E-state index >= 15 is 0 Å². The largest absolute Gasteiger partial charge is 0.598 e. The topological polar surface area (TPSA) is 122 Å². The number of carbonyl (C=O) groups is 2. The summed E-state index contributed by atoms with van der Waals surface area (Å²) < 4.78 is 14.4. The third-order valence-electron chi connectivity index (χ3n) is 5.86. The summed E-state index contributed by atoms with van der Waals surface area (Å²) in [4.78, 5) is 34.9. The number of carbonyl (C=O) groups excluding carboxylic acids is 2. The van der Waals surface area contributed by atoms with Crippen LogP contribution in [0.15, 0.2) is 36.7 Å². The molecule has 0 spiro atoms. The molecular formula is C21H25ClN6O3S. The van der Waals surface area contributed by atoms with Crippen molar-refractivity contribution in [2.45, 2.75) is 37.1 Å². The number of nitrogens with zero attached hydrogens (tertiary/aromatic N) is 3. The Labute approximate surface area is 194 Å². The van der Waals surface area contributed by atoms with Crippen LogP contribution in [0.5, 0.6) is 0 Å². The molecule has 170 valence electrons. The Morgan fingerprint density at radius 3 is 2.66 bits per heavy atom. The van der Waals surface area contributed by atoms with Gasteiger partial charge in [0.2, 0.25) is 5.91 Å². The van der Waals surface area contributed by atoms with E-state index in [4.69, 9.17) is 11.6 Å². The Morgan fingerprint density at radius 1 is 1.28 bits per heavy atom. The Kier molecular flexibility index (Phi) is 6.85. The number of hydrogen-bond acceptors (Lipinski definition) is 6. The van der Waals surface area contributed by atoms with Crippen molar-refractivity contribution < 1.29 is 14.1 Å². The first-order valence-corrected chi connectivity index (χ1v) is 12.3. The Morgan fingerprint density at radius 2 is 2.03 bits per heavy atom. The van der Waals surface area contributed by atoms with Crippen LogP contribution in [0, 0.1) is 0 Å². The van der Waals surface area contributed by atoms with Gasteiger partial charge in [0.1, 0.15) is 17.5 Å². The maximum Gasteiger partial charge on any atom is 0.321 e. The highest BCUT2D eigenvalue weighted by Gasteiger charge is 2.45. The molecule has 2 atom stereocenters. The fourth-order valence-corrected chi connectivity index (χ4v) is 4.48. The first kappa shape index (κ1) is 22.8. The van der Waals surface area contributed by atoms with Crippen LogP contribution < -0.4 is 20.3 Å². The fraction of sp³-hybridized carbons (Fsp3) is 0.429. The van der Waals surface area contributed by atoms with E-state index < -0.39 is 23.4 Å². The molecule has 0 bridgehead atoms. The van der Waals surface area contributed by atoms with Gasteiger partial charge in [0, 0.05) is 29.0 Å². The lowest BCUT2D eigenvalue weighted by atomic mass is 9.95. The van der Waals surface area contributed by atoms with E-state index in [1.807, 2.05) is 24.3 Å². The number of hydrogen-bond donors (Lipinski definition) is 3. The average Bonchev–Trinajstić information content (AvgIpc) is 3.57. The first-order valence-electron chi connectivity index (χ1n) is 10.4. The molecule has 1 saturated heterocycles. The molecule has 4 rings (SSSR count). The molecule has 1 saturated carbocycles. The lowest BCUT2D eigenvalue weighted by Gasteiger charge is -2.33. The molecule has 2 heterocycles. The zero-order chi connectivity index (χ0) is 22.7. The Balaban J connectivity index is 1.37. The van der Waals surface area contributed by atoms with Gasteiger partial charge in [-0.1, -0.05) is 23.7 Å². The van der Waals surface area contributed by atoms with Crippen LogP contribution in [0.2, 0.25) is 5.15 Å². The maximum absolute atomic E-state index is 13.0. The minimum absolute atomic E-state index is 0.0306. The number of piperidine rings is 1. The van der Waals surface area contributed by atoms with Gasteiger partial charge in [0.25, 0.3) is 0 Å². The van der Waals surface area contributed by atoms with E-state index in [9.17, 15) is 14.1 Å². The quantitative estimate of drug-likeness (QED) is 0.527. The van der Waals surface area contributed by atoms with Gasteiger partial charge in [-0.3, -0.25) is 10.1 Å². The predicted molar refractivity (Wildman–Crippen MR) is 124 cm³/mol. The summed E-state index contributed by atoms with van der Waals surface area (Å²) >= 11 is 4.66. The third kappa shape index (κ3) is 5.32. The third-order valence-corrected chi connectivity index (χ3v) is 6.61. The molecule has 0 radical (unpaired) electrons. The molecule has 1 aromatic carbocycles. The standard InChI is InChI=1S/C21H25ClN6O3S/c1-32(31)25-13-21(8-9-21)14-4-6-15(7-5-14)28-10-2-3-16(19(28)29)26-20(30)27-18-12-23-17(22)11-24-18/h4-7,11-12,16,25H,2-3,8-10,13H2,1H3,(H2,24,26,27,30). The van der Waals surface area contributed by atoms with Gasteiger partial charge in [-0.2, -0.15) is 0 Å². The maximum atomic E-state index is 13.0. The number of urea groups is 1. The van der Waals surface area contributed by atoms with Gasteiger partial charge in [0.15, 0.2) is 5.82 Å². The van der Waals surface area contributed by atoms with Gasteiger partial charge < -0.3 is 14.8 Å². The fourth-order valence-electron chi connectivity index (χ4n) is 3.91. The SMILES string of the molecule is C[S+]([O-])NCC1(c2ccc(N3CCCC(NC(=O)Nc4cnc(Cl)cn4)C3=O)cc2)CC1. The summed E-state index contributed by atoms with van der Waals surface area (Å²) in [6, 6.07) is 6.83. The van der Waals surface area contributed by atoms with Crippen molar-refractivity contribution in [1.29, 1.82) is 0 Å². The second-order valence-electron chi connectivity index (χ2n) is 8.11. The minimum atomic E-state index is -1.04. The zero-order valence-electron chi connectivity index (χ0n) is 17.6. The molecule has 2 fully saturated rings. The summed E-state index contributed by atoms with van der Waals surface area (Å²) in [5.41, 5.74) is 2.02. The molecule has 9 nitrogen and oxygen atoms in total. The van der Waals surface area contributed by atoms with Crippen molar-refractivity contribution >= 4 is 46.4 Å².